The minimum atomic E-state index is 0. The summed E-state index contributed by atoms with van der Waals surface area (Å²) in [6.07, 6.45) is 0. The highest BCUT2D eigenvalue weighted by atomic mass is 35.5. The second-order valence-corrected chi connectivity index (χ2v) is 7.59. The van der Waals surface area contributed by atoms with Gasteiger partial charge in [0, 0.05) is 30.3 Å². The number of benzene rings is 1. The average molecular weight is 396 g/mol. The van der Waals surface area contributed by atoms with Gasteiger partial charge in [-0.2, -0.15) is 0 Å². The highest BCUT2D eigenvalue weighted by molar-refractivity contribution is 7.99. The van der Waals surface area contributed by atoms with Crippen molar-refractivity contribution in [2.45, 2.75) is 25.5 Å². The maximum absolute atomic E-state index is 12.6. The SMILES string of the molecule is Cc1noc(C)c1CSCC(=O)N1C[C@@H](CN)[C@H](c2ccccc2)C1.Cl. The van der Waals surface area contributed by atoms with E-state index in [4.69, 9.17) is 10.3 Å². The Labute approximate surface area is 165 Å². The molecule has 0 bridgehead atoms. The fraction of sp³-hybridized carbons (Fsp3) is 0.474. The Balaban J connectivity index is 0.00000243. The van der Waals surface area contributed by atoms with Gasteiger partial charge in [0.2, 0.25) is 5.91 Å². The number of nitrogens with two attached hydrogens (primary N) is 1. The van der Waals surface area contributed by atoms with Crippen molar-refractivity contribution in [2.24, 2.45) is 11.7 Å². The Bertz CT molecular complexity index is 703. The Hall–Kier alpha value is -1.50. The molecule has 142 valence electrons. The minimum absolute atomic E-state index is 0. The van der Waals surface area contributed by atoms with E-state index in [9.17, 15) is 4.79 Å². The summed E-state index contributed by atoms with van der Waals surface area (Å²) in [6.45, 7) is 5.96. The smallest absolute Gasteiger partial charge is 0.232 e. The summed E-state index contributed by atoms with van der Waals surface area (Å²) in [5.74, 6) is 2.92. The van der Waals surface area contributed by atoms with E-state index in [1.54, 1.807) is 11.8 Å². The molecule has 1 amide bonds. The van der Waals surface area contributed by atoms with Crippen LogP contribution in [0.5, 0.6) is 0 Å². The van der Waals surface area contributed by atoms with Crippen molar-refractivity contribution < 1.29 is 9.32 Å². The van der Waals surface area contributed by atoms with Gasteiger partial charge in [0.25, 0.3) is 0 Å². The highest BCUT2D eigenvalue weighted by Gasteiger charge is 2.35. The summed E-state index contributed by atoms with van der Waals surface area (Å²) < 4.78 is 5.17. The van der Waals surface area contributed by atoms with E-state index in [1.807, 2.05) is 36.9 Å². The van der Waals surface area contributed by atoms with Gasteiger partial charge in [-0.3, -0.25) is 4.79 Å². The van der Waals surface area contributed by atoms with Crippen LogP contribution in [0.25, 0.3) is 0 Å². The van der Waals surface area contributed by atoms with Crippen LogP contribution in [-0.2, 0) is 10.5 Å². The number of thioether (sulfide) groups is 1. The van der Waals surface area contributed by atoms with Crippen LogP contribution in [0.4, 0.5) is 0 Å². The number of hydrogen-bond donors (Lipinski definition) is 1. The molecule has 3 rings (SSSR count). The van der Waals surface area contributed by atoms with Gasteiger partial charge >= 0.3 is 0 Å². The van der Waals surface area contributed by atoms with Crippen molar-refractivity contribution in [3.63, 3.8) is 0 Å². The third kappa shape index (κ3) is 4.61. The Morgan fingerprint density at radius 1 is 1.31 bits per heavy atom. The molecular formula is C19H26ClN3O2S. The number of carbonyl (C=O) groups excluding carboxylic acids is 1. The molecule has 1 aromatic carbocycles. The topological polar surface area (TPSA) is 72.4 Å². The molecule has 1 saturated heterocycles. The molecule has 7 heteroatoms. The van der Waals surface area contributed by atoms with E-state index in [-0.39, 0.29) is 18.3 Å². The largest absolute Gasteiger partial charge is 0.361 e. The number of hydrogen-bond acceptors (Lipinski definition) is 5. The van der Waals surface area contributed by atoms with Gasteiger partial charge < -0.3 is 15.2 Å². The molecule has 26 heavy (non-hydrogen) atoms. The molecule has 1 aliphatic heterocycles. The van der Waals surface area contributed by atoms with E-state index in [0.717, 1.165) is 35.9 Å². The quantitative estimate of drug-likeness (QED) is 0.813. The molecule has 0 spiro atoms. The second-order valence-electron chi connectivity index (χ2n) is 6.61. The summed E-state index contributed by atoms with van der Waals surface area (Å²) in [6, 6.07) is 10.4. The lowest BCUT2D eigenvalue weighted by molar-refractivity contribution is -0.127. The number of rotatable bonds is 6. The highest BCUT2D eigenvalue weighted by Crippen LogP contribution is 2.32. The maximum Gasteiger partial charge on any atom is 0.232 e. The van der Waals surface area contributed by atoms with Gasteiger partial charge in [-0.25, -0.2) is 0 Å². The van der Waals surface area contributed by atoms with Crippen molar-refractivity contribution in [3.8, 4) is 0 Å². The van der Waals surface area contributed by atoms with Gasteiger partial charge in [-0.15, -0.1) is 24.2 Å². The number of halogens is 1. The lowest BCUT2D eigenvalue weighted by Gasteiger charge is -2.16. The van der Waals surface area contributed by atoms with Crippen molar-refractivity contribution in [2.75, 3.05) is 25.4 Å². The molecule has 1 fully saturated rings. The van der Waals surface area contributed by atoms with Crippen molar-refractivity contribution in [1.29, 1.82) is 0 Å². The number of aromatic nitrogens is 1. The zero-order valence-corrected chi connectivity index (χ0v) is 16.8. The lowest BCUT2D eigenvalue weighted by atomic mass is 9.89. The van der Waals surface area contributed by atoms with Crippen LogP contribution in [0.1, 0.15) is 28.5 Å². The van der Waals surface area contributed by atoms with Crippen LogP contribution in [-0.4, -0.2) is 41.4 Å². The van der Waals surface area contributed by atoms with Gasteiger partial charge in [-0.1, -0.05) is 35.5 Å². The van der Waals surface area contributed by atoms with Crippen molar-refractivity contribution in [1.82, 2.24) is 10.1 Å². The fourth-order valence-electron chi connectivity index (χ4n) is 3.43. The monoisotopic (exact) mass is 395 g/mol. The lowest BCUT2D eigenvalue weighted by Crippen LogP contribution is -2.31. The fourth-order valence-corrected chi connectivity index (χ4v) is 4.51. The molecule has 0 unspecified atom stereocenters. The van der Waals surface area contributed by atoms with E-state index in [1.165, 1.54) is 5.56 Å². The Morgan fingerprint density at radius 3 is 2.65 bits per heavy atom. The molecule has 1 aromatic heterocycles. The van der Waals surface area contributed by atoms with Gasteiger partial charge in [0.15, 0.2) is 0 Å². The van der Waals surface area contributed by atoms with Crippen molar-refractivity contribution >= 4 is 30.1 Å². The normalized spacial score (nSPS) is 19.4. The van der Waals surface area contributed by atoms with Crippen LogP contribution in [0, 0.1) is 19.8 Å². The molecule has 2 heterocycles. The predicted molar refractivity (Wildman–Crippen MR) is 108 cm³/mol. The first kappa shape index (κ1) is 20.8. The molecule has 2 N–H and O–H groups in total. The zero-order valence-electron chi connectivity index (χ0n) is 15.2. The predicted octanol–water partition coefficient (Wildman–Crippen LogP) is 3.15. The third-order valence-corrected chi connectivity index (χ3v) is 5.92. The summed E-state index contributed by atoms with van der Waals surface area (Å²) in [5, 5.41) is 3.96. The van der Waals surface area contributed by atoms with E-state index in [2.05, 4.69) is 17.3 Å². The number of likely N-dealkylation sites (tertiary alicyclic amines) is 1. The van der Waals surface area contributed by atoms with Gasteiger partial charge in [0.1, 0.15) is 5.76 Å². The second kappa shape index (κ2) is 9.44. The van der Waals surface area contributed by atoms with Gasteiger partial charge in [0.05, 0.1) is 11.4 Å². The minimum Gasteiger partial charge on any atom is -0.361 e. The van der Waals surface area contributed by atoms with E-state index < -0.39 is 0 Å². The molecule has 1 aliphatic rings. The van der Waals surface area contributed by atoms with Crippen LogP contribution in [0.3, 0.4) is 0 Å². The van der Waals surface area contributed by atoms with Gasteiger partial charge in [-0.05, 0) is 31.9 Å². The van der Waals surface area contributed by atoms with Crippen LogP contribution >= 0.6 is 24.2 Å². The number of aryl methyl sites for hydroxylation is 2. The standard InChI is InChI=1S/C19H25N3O2S.ClH/c1-13-18(14(2)24-21-13)11-25-12-19(23)22-9-16(8-20)17(10-22)15-6-4-3-5-7-15;/h3-7,16-17H,8-12,20H2,1-2H3;1H/t16-,17+;/m1./s1. The Morgan fingerprint density at radius 2 is 2.04 bits per heavy atom. The summed E-state index contributed by atoms with van der Waals surface area (Å²) >= 11 is 1.62. The number of nitrogens with zero attached hydrogens (tertiary/aromatic N) is 2. The molecule has 2 aromatic rings. The molecule has 0 radical (unpaired) electrons. The summed E-state index contributed by atoms with van der Waals surface area (Å²) in [4.78, 5) is 14.6. The van der Waals surface area contributed by atoms with Crippen LogP contribution in [0.2, 0.25) is 0 Å². The summed E-state index contributed by atoms with van der Waals surface area (Å²) in [7, 11) is 0. The molecule has 2 atom stereocenters. The average Bonchev–Trinajstić information content (AvgIpc) is 3.20. The zero-order chi connectivity index (χ0) is 17.8. The van der Waals surface area contributed by atoms with E-state index >= 15 is 0 Å². The number of amides is 1. The molecule has 0 aliphatic carbocycles. The Kier molecular flexibility index (Phi) is 7.55. The van der Waals surface area contributed by atoms with Crippen LogP contribution in [0.15, 0.2) is 34.9 Å². The first-order chi connectivity index (χ1) is 12.1. The third-order valence-electron chi connectivity index (χ3n) is 4.98. The van der Waals surface area contributed by atoms with Crippen LogP contribution < -0.4 is 5.73 Å². The van der Waals surface area contributed by atoms with Crippen molar-refractivity contribution in [3.05, 3.63) is 52.9 Å². The number of carbonyl (C=O) groups is 1. The molecular weight excluding hydrogens is 370 g/mol. The van der Waals surface area contributed by atoms with E-state index in [0.29, 0.717) is 24.1 Å². The molecule has 5 nitrogen and oxygen atoms in total. The summed E-state index contributed by atoms with van der Waals surface area (Å²) in [5.41, 5.74) is 9.24. The maximum atomic E-state index is 12.6. The first-order valence-corrected chi connectivity index (χ1v) is 9.78. The first-order valence-electron chi connectivity index (χ1n) is 8.62. The molecule has 0 saturated carbocycles.